The molecule has 3 heterocycles. The van der Waals surface area contributed by atoms with Gasteiger partial charge in [-0.15, -0.1) is 0 Å². The molecule has 2 unspecified atom stereocenters. The van der Waals surface area contributed by atoms with Crippen molar-refractivity contribution >= 4 is 5.91 Å². The summed E-state index contributed by atoms with van der Waals surface area (Å²) < 4.78 is 10.7. The first-order chi connectivity index (χ1) is 9.83. The zero-order valence-electron chi connectivity index (χ0n) is 11.4. The van der Waals surface area contributed by atoms with E-state index in [1.54, 1.807) is 0 Å². The fourth-order valence-electron chi connectivity index (χ4n) is 2.62. The van der Waals surface area contributed by atoms with Crippen LogP contribution in [0.1, 0.15) is 54.7 Å². The molecule has 0 aromatic carbocycles. The van der Waals surface area contributed by atoms with E-state index < -0.39 is 0 Å². The molecule has 3 rings (SSSR count). The number of carbonyl (C=O) groups excluding carboxylic acids is 1. The molecule has 2 atom stereocenters. The van der Waals surface area contributed by atoms with Gasteiger partial charge in [0.05, 0.1) is 12.1 Å². The average Bonchev–Trinajstić information content (AvgIpc) is 3.16. The molecule has 0 radical (unpaired) electrons. The van der Waals surface area contributed by atoms with E-state index >= 15 is 0 Å². The lowest BCUT2D eigenvalue weighted by Crippen LogP contribution is -2.35. The van der Waals surface area contributed by atoms with Crippen molar-refractivity contribution in [2.45, 2.75) is 44.2 Å². The molecule has 1 amide bonds. The fraction of sp³-hybridized carbons (Fsp3) is 0.769. The molecule has 2 aliphatic rings. The minimum atomic E-state index is -0.299. The van der Waals surface area contributed by atoms with Crippen LogP contribution in [0, 0.1) is 0 Å². The zero-order valence-corrected chi connectivity index (χ0v) is 11.4. The van der Waals surface area contributed by atoms with Crippen LogP contribution in [0.15, 0.2) is 4.52 Å². The number of aromatic nitrogens is 2. The summed E-state index contributed by atoms with van der Waals surface area (Å²) in [6, 6.07) is 0.0886. The lowest BCUT2D eigenvalue weighted by Gasteiger charge is -2.22. The summed E-state index contributed by atoms with van der Waals surface area (Å²) in [5.74, 6) is 0.304. The van der Waals surface area contributed by atoms with Crippen LogP contribution in [0.3, 0.4) is 0 Å². The first kappa shape index (κ1) is 13.5. The quantitative estimate of drug-likeness (QED) is 0.847. The molecule has 2 saturated heterocycles. The van der Waals surface area contributed by atoms with E-state index in [-0.39, 0.29) is 23.9 Å². The molecule has 2 aliphatic heterocycles. The van der Waals surface area contributed by atoms with Crippen molar-refractivity contribution in [2.75, 3.05) is 19.7 Å². The van der Waals surface area contributed by atoms with Gasteiger partial charge >= 0.3 is 0 Å². The van der Waals surface area contributed by atoms with Crippen LogP contribution in [-0.4, -0.2) is 41.8 Å². The molecule has 7 heteroatoms. The lowest BCUT2D eigenvalue weighted by atomic mass is 10.1. The molecule has 0 saturated carbocycles. The molecule has 110 valence electrons. The van der Waals surface area contributed by atoms with Gasteiger partial charge in [-0.3, -0.25) is 4.79 Å². The van der Waals surface area contributed by atoms with Gasteiger partial charge in [0, 0.05) is 13.2 Å². The van der Waals surface area contributed by atoms with Gasteiger partial charge in [-0.1, -0.05) is 5.16 Å². The number of amides is 1. The number of nitrogens with zero attached hydrogens (tertiary/aromatic N) is 2. The van der Waals surface area contributed by atoms with Gasteiger partial charge in [0.2, 0.25) is 5.89 Å². The normalized spacial score (nSPS) is 26.6. The minimum Gasteiger partial charge on any atom is -0.376 e. The summed E-state index contributed by atoms with van der Waals surface area (Å²) in [7, 11) is 0. The predicted octanol–water partition coefficient (Wildman–Crippen LogP) is 0.793. The summed E-state index contributed by atoms with van der Waals surface area (Å²) in [5, 5.41) is 9.81. The van der Waals surface area contributed by atoms with Crippen molar-refractivity contribution in [3.8, 4) is 0 Å². The summed E-state index contributed by atoms with van der Waals surface area (Å²) in [4.78, 5) is 16.1. The molecule has 0 spiro atoms. The second kappa shape index (κ2) is 6.32. The first-order valence-corrected chi connectivity index (χ1v) is 7.30. The third kappa shape index (κ3) is 3.16. The maximum Gasteiger partial charge on any atom is 0.292 e. The van der Waals surface area contributed by atoms with Crippen LogP contribution in [0.4, 0.5) is 0 Å². The van der Waals surface area contributed by atoms with E-state index in [1.165, 1.54) is 0 Å². The number of hydrogen-bond acceptors (Lipinski definition) is 6. The van der Waals surface area contributed by atoms with Gasteiger partial charge in [0.25, 0.3) is 11.7 Å². The highest BCUT2D eigenvalue weighted by Crippen LogP contribution is 2.21. The van der Waals surface area contributed by atoms with E-state index in [0.29, 0.717) is 12.4 Å². The Balaban J connectivity index is 1.51. The highest BCUT2D eigenvalue weighted by molar-refractivity contribution is 5.90. The number of ether oxygens (including phenoxy) is 1. The number of nitrogens with one attached hydrogen (secondary N) is 2. The highest BCUT2D eigenvalue weighted by atomic mass is 16.5. The third-order valence-electron chi connectivity index (χ3n) is 3.77. The molecule has 2 N–H and O–H groups in total. The van der Waals surface area contributed by atoms with Crippen LogP contribution < -0.4 is 10.6 Å². The van der Waals surface area contributed by atoms with Crippen molar-refractivity contribution in [3.05, 3.63) is 11.7 Å². The van der Waals surface area contributed by atoms with E-state index in [4.69, 9.17) is 9.26 Å². The maximum absolute atomic E-state index is 11.9. The van der Waals surface area contributed by atoms with Crippen molar-refractivity contribution in [2.24, 2.45) is 0 Å². The molecule has 1 aromatic heterocycles. The van der Waals surface area contributed by atoms with E-state index in [1.807, 2.05) is 0 Å². The van der Waals surface area contributed by atoms with Crippen LogP contribution in [0.5, 0.6) is 0 Å². The van der Waals surface area contributed by atoms with Crippen LogP contribution in [0.25, 0.3) is 0 Å². The van der Waals surface area contributed by atoms with Gasteiger partial charge in [-0.25, -0.2) is 0 Å². The molecule has 1 aromatic rings. The summed E-state index contributed by atoms with van der Waals surface area (Å²) in [5.41, 5.74) is 0. The van der Waals surface area contributed by atoms with Crippen molar-refractivity contribution < 1.29 is 14.1 Å². The topological polar surface area (TPSA) is 89.3 Å². The number of carbonyl (C=O) groups is 1. The predicted molar refractivity (Wildman–Crippen MR) is 70.2 cm³/mol. The SMILES string of the molecule is O=C(NCC1CCCCO1)c1noc(C2CCCN2)n1. The molecule has 0 aliphatic carbocycles. The summed E-state index contributed by atoms with van der Waals surface area (Å²) in [6.07, 6.45) is 5.42. The highest BCUT2D eigenvalue weighted by Gasteiger charge is 2.24. The third-order valence-corrected chi connectivity index (χ3v) is 3.77. The molecular weight excluding hydrogens is 260 g/mol. The van der Waals surface area contributed by atoms with E-state index in [0.717, 1.165) is 45.3 Å². The Bertz CT molecular complexity index is 450. The second-order valence-electron chi connectivity index (χ2n) is 5.30. The van der Waals surface area contributed by atoms with Crippen molar-refractivity contribution in [1.29, 1.82) is 0 Å². The summed E-state index contributed by atoms with van der Waals surface area (Å²) in [6.45, 7) is 2.23. The smallest absolute Gasteiger partial charge is 0.292 e. The van der Waals surface area contributed by atoms with Crippen LogP contribution >= 0.6 is 0 Å². The monoisotopic (exact) mass is 280 g/mol. The van der Waals surface area contributed by atoms with Gasteiger partial charge in [0.15, 0.2) is 0 Å². The van der Waals surface area contributed by atoms with Crippen molar-refractivity contribution in [3.63, 3.8) is 0 Å². The first-order valence-electron chi connectivity index (χ1n) is 7.30. The Kier molecular flexibility index (Phi) is 4.27. The Labute approximate surface area is 117 Å². The Morgan fingerprint density at radius 1 is 1.35 bits per heavy atom. The van der Waals surface area contributed by atoms with Crippen molar-refractivity contribution in [1.82, 2.24) is 20.8 Å². The second-order valence-corrected chi connectivity index (χ2v) is 5.30. The number of rotatable bonds is 4. The lowest BCUT2D eigenvalue weighted by molar-refractivity contribution is 0.0168. The zero-order chi connectivity index (χ0) is 13.8. The Morgan fingerprint density at radius 2 is 2.30 bits per heavy atom. The van der Waals surface area contributed by atoms with Gasteiger partial charge in [-0.2, -0.15) is 4.98 Å². The Morgan fingerprint density at radius 3 is 3.05 bits per heavy atom. The van der Waals surface area contributed by atoms with E-state index in [2.05, 4.69) is 20.8 Å². The van der Waals surface area contributed by atoms with Crippen LogP contribution in [-0.2, 0) is 4.74 Å². The molecule has 20 heavy (non-hydrogen) atoms. The fourth-order valence-corrected chi connectivity index (χ4v) is 2.62. The average molecular weight is 280 g/mol. The minimum absolute atomic E-state index is 0.0886. The van der Waals surface area contributed by atoms with Gasteiger partial charge in [-0.05, 0) is 38.6 Å². The Hall–Kier alpha value is -1.47. The van der Waals surface area contributed by atoms with Gasteiger partial charge < -0.3 is 19.9 Å². The standard InChI is InChI=1S/C13H20N4O3/c18-12(15-8-9-4-1-2-7-19-9)11-16-13(20-17-11)10-5-3-6-14-10/h9-10,14H,1-8H2,(H,15,18). The van der Waals surface area contributed by atoms with Gasteiger partial charge in [0.1, 0.15) is 0 Å². The summed E-state index contributed by atoms with van der Waals surface area (Å²) >= 11 is 0. The molecule has 7 nitrogen and oxygen atoms in total. The molecule has 0 bridgehead atoms. The van der Waals surface area contributed by atoms with E-state index in [9.17, 15) is 4.79 Å². The molecular formula is C13H20N4O3. The molecule has 2 fully saturated rings. The van der Waals surface area contributed by atoms with Crippen LogP contribution in [0.2, 0.25) is 0 Å². The number of hydrogen-bond donors (Lipinski definition) is 2. The maximum atomic E-state index is 11.9. The largest absolute Gasteiger partial charge is 0.376 e.